The molecule has 1 N–H and O–H groups in total. The Bertz CT molecular complexity index is 334. The van der Waals surface area contributed by atoms with Crippen molar-refractivity contribution in [2.75, 3.05) is 0 Å². The molecule has 1 saturated carbocycles. The highest BCUT2D eigenvalue weighted by molar-refractivity contribution is 6.25. The van der Waals surface area contributed by atoms with E-state index >= 15 is 0 Å². The highest BCUT2D eigenvalue weighted by Crippen LogP contribution is 2.25. The molecule has 0 saturated heterocycles. The van der Waals surface area contributed by atoms with Gasteiger partial charge in [-0.3, -0.25) is 14.4 Å². The quantitative estimate of drug-likeness (QED) is 0.571. The third-order valence-electron chi connectivity index (χ3n) is 2.69. The van der Waals surface area contributed by atoms with Gasteiger partial charge in [0.25, 0.3) is 0 Å². The highest BCUT2D eigenvalue weighted by Gasteiger charge is 2.29. The lowest BCUT2D eigenvalue weighted by Crippen LogP contribution is -2.08. The first kappa shape index (κ1) is 12.6. The molecule has 0 radical (unpaired) electrons. The summed E-state index contributed by atoms with van der Waals surface area (Å²) in [5, 5.41) is 8.76. The minimum absolute atomic E-state index is 0.177. The Morgan fingerprint density at radius 2 is 1.81 bits per heavy atom. The summed E-state index contributed by atoms with van der Waals surface area (Å²) in [7, 11) is 0. The van der Waals surface area contributed by atoms with Crippen molar-refractivity contribution in [2.24, 2.45) is 0 Å². The number of hydrogen-bond donors (Lipinski definition) is 1. The molecule has 0 atom stereocenters. The first-order valence-corrected chi connectivity index (χ1v) is 5.56. The summed E-state index contributed by atoms with van der Waals surface area (Å²) in [5.74, 6) is -1.35. The van der Waals surface area contributed by atoms with Crippen molar-refractivity contribution in [1.29, 1.82) is 0 Å². The van der Waals surface area contributed by atoms with E-state index < -0.39 is 5.97 Å². The molecule has 0 bridgehead atoms. The molecule has 1 rings (SSSR count). The Hall–Kier alpha value is -1.45. The second-order valence-electron chi connectivity index (χ2n) is 4.00. The van der Waals surface area contributed by atoms with Crippen molar-refractivity contribution in [3.63, 3.8) is 0 Å². The zero-order chi connectivity index (χ0) is 12.1. The van der Waals surface area contributed by atoms with E-state index in [1.54, 1.807) is 0 Å². The number of rotatable bonds is 5. The molecule has 0 aliphatic heterocycles. The summed E-state index contributed by atoms with van der Waals surface area (Å²) in [6.45, 7) is 1.99. The molecule has 4 heteroatoms. The van der Waals surface area contributed by atoms with Gasteiger partial charge in [0.15, 0.2) is 11.6 Å². The topological polar surface area (TPSA) is 71.4 Å². The fourth-order valence-corrected chi connectivity index (χ4v) is 1.90. The lowest BCUT2D eigenvalue weighted by atomic mass is 9.97. The molecule has 0 aromatic rings. The predicted molar refractivity (Wildman–Crippen MR) is 58.1 cm³/mol. The molecule has 0 heterocycles. The van der Waals surface area contributed by atoms with Gasteiger partial charge in [0.05, 0.1) is 12.0 Å². The second-order valence-corrected chi connectivity index (χ2v) is 4.00. The molecule has 1 aliphatic rings. The number of carboxylic acid groups (broad SMARTS) is 1. The minimum atomic E-state index is -0.980. The van der Waals surface area contributed by atoms with Crippen LogP contribution in [-0.4, -0.2) is 22.6 Å². The van der Waals surface area contributed by atoms with Gasteiger partial charge in [-0.05, 0) is 18.4 Å². The van der Waals surface area contributed by atoms with Gasteiger partial charge < -0.3 is 5.11 Å². The molecule has 16 heavy (non-hydrogen) atoms. The van der Waals surface area contributed by atoms with Gasteiger partial charge in [0, 0.05) is 12.8 Å². The smallest absolute Gasteiger partial charge is 0.307 e. The average molecular weight is 224 g/mol. The van der Waals surface area contributed by atoms with E-state index in [1.165, 1.54) is 0 Å². The maximum absolute atomic E-state index is 11.5. The second kappa shape index (κ2) is 5.58. The van der Waals surface area contributed by atoms with Crippen molar-refractivity contribution in [3.05, 3.63) is 11.1 Å². The summed E-state index contributed by atoms with van der Waals surface area (Å²) >= 11 is 0. The maximum Gasteiger partial charge on any atom is 0.307 e. The van der Waals surface area contributed by atoms with Gasteiger partial charge in [0.1, 0.15) is 0 Å². The van der Waals surface area contributed by atoms with Crippen LogP contribution < -0.4 is 0 Å². The van der Waals surface area contributed by atoms with Crippen LogP contribution in [0.2, 0.25) is 0 Å². The molecule has 4 nitrogen and oxygen atoms in total. The Labute approximate surface area is 94.3 Å². The average Bonchev–Trinajstić information content (AvgIpc) is 2.53. The van der Waals surface area contributed by atoms with Crippen molar-refractivity contribution in [1.82, 2.24) is 0 Å². The van der Waals surface area contributed by atoms with E-state index in [0.29, 0.717) is 12.0 Å². The summed E-state index contributed by atoms with van der Waals surface area (Å²) in [6.07, 6.45) is 2.56. The first-order chi connectivity index (χ1) is 7.56. The number of ketones is 2. The zero-order valence-electron chi connectivity index (χ0n) is 9.41. The summed E-state index contributed by atoms with van der Waals surface area (Å²) in [6, 6.07) is 0. The number of carboxylic acids is 1. The SMILES string of the molecule is CCCCC(CC(=O)O)=C1C(=O)CCC1=O. The van der Waals surface area contributed by atoms with E-state index in [-0.39, 0.29) is 36.4 Å². The maximum atomic E-state index is 11.5. The molecule has 88 valence electrons. The van der Waals surface area contributed by atoms with E-state index in [2.05, 4.69) is 0 Å². The van der Waals surface area contributed by atoms with Gasteiger partial charge >= 0.3 is 5.97 Å². The summed E-state index contributed by atoms with van der Waals surface area (Å²) < 4.78 is 0. The largest absolute Gasteiger partial charge is 0.481 e. The predicted octanol–water partition coefficient (Wildman–Crippen LogP) is 1.88. The lowest BCUT2D eigenvalue weighted by molar-refractivity contribution is -0.136. The van der Waals surface area contributed by atoms with Gasteiger partial charge in [-0.25, -0.2) is 0 Å². The Morgan fingerprint density at radius 3 is 2.25 bits per heavy atom. The normalized spacial score (nSPS) is 15.7. The van der Waals surface area contributed by atoms with Crippen LogP contribution in [0.1, 0.15) is 45.4 Å². The molecular formula is C12H16O4. The van der Waals surface area contributed by atoms with Gasteiger partial charge in [-0.1, -0.05) is 13.3 Å². The van der Waals surface area contributed by atoms with Crippen LogP contribution in [0.3, 0.4) is 0 Å². The summed E-state index contributed by atoms with van der Waals surface area (Å²) in [4.78, 5) is 33.7. The molecule has 1 aliphatic carbocycles. The van der Waals surface area contributed by atoms with Gasteiger partial charge in [-0.15, -0.1) is 0 Å². The van der Waals surface area contributed by atoms with Crippen molar-refractivity contribution < 1.29 is 19.5 Å². The minimum Gasteiger partial charge on any atom is -0.481 e. The molecule has 0 amide bonds. The van der Waals surface area contributed by atoms with E-state index in [0.717, 1.165) is 12.8 Å². The zero-order valence-corrected chi connectivity index (χ0v) is 9.41. The lowest BCUT2D eigenvalue weighted by Gasteiger charge is -2.06. The van der Waals surface area contributed by atoms with Gasteiger partial charge in [0.2, 0.25) is 0 Å². The van der Waals surface area contributed by atoms with Crippen LogP contribution >= 0.6 is 0 Å². The Balaban J connectivity index is 2.95. The fraction of sp³-hybridized carbons (Fsp3) is 0.583. The first-order valence-electron chi connectivity index (χ1n) is 5.56. The molecule has 0 spiro atoms. The van der Waals surface area contributed by atoms with E-state index in [4.69, 9.17) is 5.11 Å². The van der Waals surface area contributed by atoms with Crippen molar-refractivity contribution in [2.45, 2.75) is 45.4 Å². The molecule has 1 fully saturated rings. The fourth-order valence-electron chi connectivity index (χ4n) is 1.90. The number of hydrogen-bond acceptors (Lipinski definition) is 3. The molecule has 0 aromatic carbocycles. The van der Waals surface area contributed by atoms with Crippen LogP contribution in [0.15, 0.2) is 11.1 Å². The van der Waals surface area contributed by atoms with Gasteiger partial charge in [-0.2, -0.15) is 0 Å². The number of carbonyl (C=O) groups is 3. The third kappa shape index (κ3) is 3.02. The number of carbonyl (C=O) groups excluding carboxylic acids is 2. The number of unbranched alkanes of at least 4 members (excludes halogenated alkanes) is 1. The third-order valence-corrected chi connectivity index (χ3v) is 2.69. The number of allylic oxidation sites excluding steroid dienone is 1. The number of Topliss-reactive ketones (excluding diaryl/α,β-unsaturated/α-hetero) is 2. The summed E-state index contributed by atoms with van der Waals surface area (Å²) in [5.41, 5.74) is 0.692. The van der Waals surface area contributed by atoms with Crippen LogP contribution in [0.5, 0.6) is 0 Å². The van der Waals surface area contributed by atoms with E-state index in [1.807, 2.05) is 6.92 Å². The van der Waals surface area contributed by atoms with Crippen LogP contribution in [0.25, 0.3) is 0 Å². The van der Waals surface area contributed by atoms with Crippen molar-refractivity contribution in [3.8, 4) is 0 Å². The standard InChI is InChI=1S/C12H16O4/c1-2-3-4-8(7-11(15)16)12-9(13)5-6-10(12)14/h2-7H2,1H3,(H,15,16). The Kier molecular flexibility index (Phi) is 4.40. The van der Waals surface area contributed by atoms with Crippen molar-refractivity contribution >= 4 is 17.5 Å². The monoisotopic (exact) mass is 224 g/mol. The molecular weight excluding hydrogens is 208 g/mol. The van der Waals surface area contributed by atoms with Crippen LogP contribution in [0, 0.1) is 0 Å². The Morgan fingerprint density at radius 1 is 1.25 bits per heavy atom. The highest BCUT2D eigenvalue weighted by atomic mass is 16.4. The molecule has 0 unspecified atom stereocenters. The van der Waals surface area contributed by atoms with E-state index in [9.17, 15) is 14.4 Å². The number of aliphatic carboxylic acids is 1. The van der Waals surface area contributed by atoms with Crippen LogP contribution in [0.4, 0.5) is 0 Å². The molecule has 0 aromatic heterocycles. The van der Waals surface area contributed by atoms with Crippen LogP contribution in [-0.2, 0) is 14.4 Å².